The van der Waals surface area contributed by atoms with Gasteiger partial charge in [0.25, 0.3) is 0 Å². The molecule has 2 N–H and O–H groups in total. The van der Waals surface area contributed by atoms with E-state index in [2.05, 4.69) is 34.0 Å². The minimum absolute atomic E-state index is 0.204. The van der Waals surface area contributed by atoms with Crippen molar-refractivity contribution in [1.29, 1.82) is 0 Å². The molecule has 4 heteroatoms. The number of nitrogens with zero attached hydrogens (tertiary/aromatic N) is 2. The molecule has 0 amide bonds. The third-order valence-corrected chi connectivity index (χ3v) is 2.10. The lowest BCUT2D eigenvalue weighted by Crippen LogP contribution is -2.18. The van der Waals surface area contributed by atoms with Gasteiger partial charge in [-0.2, -0.15) is 5.10 Å². The summed E-state index contributed by atoms with van der Waals surface area (Å²) in [6.45, 7) is 6.08. The molecule has 0 bridgehead atoms. The minimum Gasteiger partial charge on any atom is -0.310 e. The van der Waals surface area contributed by atoms with Crippen LogP contribution < -0.4 is 5.32 Å². The van der Waals surface area contributed by atoms with E-state index in [9.17, 15) is 0 Å². The summed E-state index contributed by atoms with van der Waals surface area (Å²) in [5.74, 6) is 0.872. The summed E-state index contributed by atoms with van der Waals surface area (Å²) in [6, 6.07) is 0.204. The summed E-state index contributed by atoms with van der Waals surface area (Å²) in [7, 11) is 1.91. The van der Waals surface area contributed by atoms with Crippen LogP contribution in [0, 0.1) is 0 Å². The van der Waals surface area contributed by atoms with Crippen LogP contribution in [0.25, 0.3) is 0 Å². The van der Waals surface area contributed by atoms with E-state index in [0.29, 0.717) is 0 Å². The molecule has 0 saturated carbocycles. The maximum absolute atomic E-state index is 4.10. The molecular formula is C9H16N4. The summed E-state index contributed by atoms with van der Waals surface area (Å²) < 4.78 is 0. The molecule has 1 rings (SSSR count). The maximum atomic E-state index is 4.10. The molecule has 1 aromatic heterocycles. The maximum Gasteiger partial charge on any atom is 0.141 e. The Kier molecular flexibility index (Phi) is 3.64. The van der Waals surface area contributed by atoms with Gasteiger partial charge in [-0.25, -0.2) is 4.98 Å². The third-order valence-electron chi connectivity index (χ3n) is 2.10. The highest BCUT2D eigenvalue weighted by molar-refractivity contribution is 5.02. The van der Waals surface area contributed by atoms with Crippen molar-refractivity contribution in [1.82, 2.24) is 20.5 Å². The van der Waals surface area contributed by atoms with Gasteiger partial charge in [-0.15, -0.1) is 0 Å². The van der Waals surface area contributed by atoms with Crippen molar-refractivity contribution in [2.24, 2.45) is 0 Å². The number of hydrogen-bond acceptors (Lipinski definition) is 3. The summed E-state index contributed by atoms with van der Waals surface area (Å²) in [6.07, 6.45) is 3.43. The molecule has 0 fully saturated rings. The lowest BCUT2D eigenvalue weighted by atomic mass is 10.1. The second-order valence-electron chi connectivity index (χ2n) is 3.02. The van der Waals surface area contributed by atoms with Crippen molar-refractivity contribution in [3.8, 4) is 0 Å². The fourth-order valence-corrected chi connectivity index (χ4v) is 1.15. The molecule has 0 aliphatic heterocycles. The Morgan fingerprint density at radius 3 is 3.00 bits per heavy atom. The number of rotatable bonds is 5. The second kappa shape index (κ2) is 4.77. The zero-order valence-electron chi connectivity index (χ0n) is 8.17. The first-order valence-electron chi connectivity index (χ1n) is 4.47. The van der Waals surface area contributed by atoms with Gasteiger partial charge in [-0.1, -0.05) is 19.1 Å². The van der Waals surface area contributed by atoms with Gasteiger partial charge in [-0.05, 0) is 19.9 Å². The summed E-state index contributed by atoms with van der Waals surface area (Å²) in [5, 5.41) is 9.85. The van der Waals surface area contributed by atoms with Crippen molar-refractivity contribution >= 4 is 0 Å². The van der Waals surface area contributed by atoms with Crippen LogP contribution in [-0.4, -0.2) is 22.2 Å². The summed E-state index contributed by atoms with van der Waals surface area (Å²) in [4.78, 5) is 4.10. The largest absolute Gasteiger partial charge is 0.310 e. The Bertz CT molecular complexity index is 253. The molecule has 1 aromatic rings. The number of hydrogen-bond donors (Lipinski definition) is 2. The van der Waals surface area contributed by atoms with E-state index in [4.69, 9.17) is 0 Å². The Balaban J connectivity index is 2.58. The molecule has 0 aliphatic carbocycles. The zero-order chi connectivity index (χ0) is 9.68. The van der Waals surface area contributed by atoms with Crippen molar-refractivity contribution in [3.05, 3.63) is 24.3 Å². The summed E-state index contributed by atoms with van der Waals surface area (Å²) >= 11 is 0. The molecular weight excluding hydrogens is 164 g/mol. The van der Waals surface area contributed by atoms with Crippen molar-refractivity contribution in [2.75, 3.05) is 7.05 Å². The van der Waals surface area contributed by atoms with Crippen LogP contribution in [0.5, 0.6) is 0 Å². The standard InChI is InChI=1S/C9H16N4/c1-4-7(2)5-8(10-3)9-11-6-12-13-9/h6,8,10H,2,4-5H2,1,3H3,(H,11,12,13). The van der Waals surface area contributed by atoms with Gasteiger partial charge >= 0.3 is 0 Å². The Morgan fingerprint density at radius 1 is 1.77 bits per heavy atom. The van der Waals surface area contributed by atoms with E-state index in [1.54, 1.807) is 0 Å². The van der Waals surface area contributed by atoms with Gasteiger partial charge in [0, 0.05) is 0 Å². The van der Waals surface area contributed by atoms with Crippen LogP contribution in [0.2, 0.25) is 0 Å². The zero-order valence-corrected chi connectivity index (χ0v) is 8.17. The van der Waals surface area contributed by atoms with E-state index in [1.807, 2.05) is 7.05 Å². The molecule has 0 spiro atoms. The van der Waals surface area contributed by atoms with E-state index >= 15 is 0 Å². The first-order chi connectivity index (χ1) is 6.27. The van der Waals surface area contributed by atoms with E-state index in [-0.39, 0.29) is 6.04 Å². The normalized spacial score (nSPS) is 12.8. The van der Waals surface area contributed by atoms with Crippen LogP contribution in [-0.2, 0) is 0 Å². The van der Waals surface area contributed by atoms with Gasteiger partial charge in [0.2, 0.25) is 0 Å². The molecule has 1 heterocycles. The quantitative estimate of drug-likeness (QED) is 0.674. The number of aromatic nitrogens is 3. The molecule has 0 aliphatic rings. The first-order valence-corrected chi connectivity index (χ1v) is 4.47. The van der Waals surface area contributed by atoms with Crippen LogP contribution in [0.1, 0.15) is 31.6 Å². The number of nitrogens with one attached hydrogen (secondary N) is 2. The fraction of sp³-hybridized carbons (Fsp3) is 0.556. The topological polar surface area (TPSA) is 53.6 Å². The van der Waals surface area contributed by atoms with Crippen LogP contribution in [0.3, 0.4) is 0 Å². The highest BCUT2D eigenvalue weighted by Gasteiger charge is 2.12. The SMILES string of the molecule is C=C(CC)CC(NC)c1ncn[nH]1. The highest BCUT2D eigenvalue weighted by atomic mass is 15.2. The van der Waals surface area contributed by atoms with Gasteiger partial charge in [0.1, 0.15) is 12.2 Å². The molecule has 0 aromatic carbocycles. The number of H-pyrrole nitrogens is 1. The average molecular weight is 180 g/mol. The van der Waals surface area contributed by atoms with Gasteiger partial charge in [0.15, 0.2) is 0 Å². The predicted molar refractivity (Wildman–Crippen MR) is 52.2 cm³/mol. The van der Waals surface area contributed by atoms with Gasteiger partial charge in [-0.3, -0.25) is 5.10 Å². The van der Waals surface area contributed by atoms with Crippen molar-refractivity contribution in [2.45, 2.75) is 25.8 Å². The second-order valence-corrected chi connectivity index (χ2v) is 3.02. The third kappa shape index (κ3) is 2.66. The fourth-order valence-electron chi connectivity index (χ4n) is 1.15. The highest BCUT2D eigenvalue weighted by Crippen LogP contribution is 2.17. The lowest BCUT2D eigenvalue weighted by molar-refractivity contribution is 0.552. The molecule has 13 heavy (non-hydrogen) atoms. The Morgan fingerprint density at radius 2 is 2.54 bits per heavy atom. The predicted octanol–water partition coefficient (Wildman–Crippen LogP) is 1.42. The Hall–Kier alpha value is -1.16. The van der Waals surface area contributed by atoms with Crippen LogP contribution in [0.4, 0.5) is 0 Å². The first kappa shape index (κ1) is 9.92. The molecule has 0 saturated heterocycles. The van der Waals surface area contributed by atoms with E-state index in [1.165, 1.54) is 11.9 Å². The smallest absolute Gasteiger partial charge is 0.141 e. The molecule has 0 radical (unpaired) electrons. The van der Waals surface area contributed by atoms with E-state index in [0.717, 1.165) is 18.7 Å². The summed E-state index contributed by atoms with van der Waals surface area (Å²) in [5.41, 5.74) is 1.22. The van der Waals surface area contributed by atoms with Crippen LogP contribution >= 0.6 is 0 Å². The monoisotopic (exact) mass is 180 g/mol. The minimum atomic E-state index is 0.204. The van der Waals surface area contributed by atoms with E-state index < -0.39 is 0 Å². The van der Waals surface area contributed by atoms with Crippen LogP contribution in [0.15, 0.2) is 18.5 Å². The molecule has 1 atom stereocenters. The molecule has 1 unspecified atom stereocenters. The van der Waals surface area contributed by atoms with Gasteiger partial charge in [0.05, 0.1) is 6.04 Å². The molecule has 72 valence electrons. The molecule has 4 nitrogen and oxygen atoms in total. The lowest BCUT2D eigenvalue weighted by Gasteiger charge is -2.13. The van der Waals surface area contributed by atoms with Crippen molar-refractivity contribution in [3.63, 3.8) is 0 Å². The average Bonchev–Trinajstić information content (AvgIpc) is 2.66. The Labute approximate surface area is 78.5 Å². The number of aromatic amines is 1. The van der Waals surface area contributed by atoms with Crippen molar-refractivity contribution < 1.29 is 0 Å². The van der Waals surface area contributed by atoms with Gasteiger partial charge < -0.3 is 5.32 Å².